The van der Waals surface area contributed by atoms with Gasteiger partial charge in [-0.25, -0.2) is 14.2 Å². The topological polar surface area (TPSA) is 69.3 Å². The molecule has 0 N–H and O–H groups in total. The Labute approximate surface area is 124 Å². The second-order valence-electron chi connectivity index (χ2n) is 5.70. The van der Waals surface area contributed by atoms with Crippen LogP contribution in [-0.2, 0) is 5.41 Å². The number of para-hydroxylation sites is 1. The summed E-state index contributed by atoms with van der Waals surface area (Å²) in [6, 6.07) is 8.72. The van der Waals surface area contributed by atoms with E-state index in [-0.39, 0.29) is 5.41 Å². The van der Waals surface area contributed by atoms with Gasteiger partial charge < -0.3 is 0 Å². The van der Waals surface area contributed by atoms with Crippen molar-refractivity contribution in [3.05, 3.63) is 56.3 Å². The molecule has 0 spiro atoms. The van der Waals surface area contributed by atoms with Gasteiger partial charge in [-0.3, -0.25) is 0 Å². The van der Waals surface area contributed by atoms with Gasteiger partial charge in [0, 0.05) is 5.41 Å². The second-order valence-corrected chi connectivity index (χ2v) is 6.66. The zero-order valence-corrected chi connectivity index (χ0v) is 12.7. The van der Waals surface area contributed by atoms with Gasteiger partial charge in [0.2, 0.25) is 4.96 Å². The Morgan fingerprint density at radius 2 is 1.76 bits per heavy atom. The van der Waals surface area contributed by atoms with E-state index in [0.717, 1.165) is 9.57 Å². The Morgan fingerprint density at radius 1 is 1.10 bits per heavy atom. The highest BCUT2D eigenvalue weighted by atomic mass is 32.1. The third kappa shape index (κ3) is 2.29. The average Bonchev–Trinajstić information content (AvgIpc) is 2.84. The molecule has 0 atom stereocenters. The summed E-state index contributed by atoms with van der Waals surface area (Å²) in [5.74, 6) is 0. The highest BCUT2D eigenvalue weighted by molar-refractivity contribution is 7.16. The van der Waals surface area contributed by atoms with Crippen LogP contribution in [0.5, 0.6) is 0 Å². The first kappa shape index (κ1) is 13.7. The second kappa shape index (κ2) is 4.63. The molecule has 0 fully saturated rings. The van der Waals surface area contributed by atoms with Crippen molar-refractivity contribution in [2.24, 2.45) is 0 Å². The van der Waals surface area contributed by atoms with Crippen LogP contribution in [0.15, 0.2) is 39.9 Å². The molecule has 0 amide bonds. The lowest BCUT2D eigenvalue weighted by Crippen LogP contribution is -2.38. The number of nitrogens with zero attached hydrogens (tertiary/aromatic N) is 4. The van der Waals surface area contributed by atoms with Crippen LogP contribution in [0.25, 0.3) is 10.6 Å². The SMILES string of the molecule is CC(C)(C)c1nn2c(=O)n(-c3ccccc3)c(=O)nc2s1. The minimum Gasteiger partial charge on any atom is -0.245 e. The molecule has 0 radical (unpaired) electrons. The van der Waals surface area contributed by atoms with Crippen molar-refractivity contribution in [3.63, 3.8) is 0 Å². The van der Waals surface area contributed by atoms with Crippen LogP contribution < -0.4 is 11.4 Å². The van der Waals surface area contributed by atoms with Crippen LogP contribution in [0.1, 0.15) is 25.8 Å². The van der Waals surface area contributed by atoms with E-state index in [0.29, 0.717) is 10.6 Å². The van der Waals surface area contributed by atoms with Crippen LogP contribution >= 0.6 is 11.3 Å². The maximum atomic E-state index is 12.5. The van der Waals surface area contributed by atoms with Crippen LogP contribution in [0.4, 0.5) is 0 Å². The molecule has 3 rings (SSSR count). The maximum absolute atomic E-state index is 12.5. The third-order valence-electron chi connectivity index (χ3n) is 2.97. The highest BCUT2D eigenvalue weighted by Gasteiger charge is 2.21. The van der Waals surface area contributed by atoms with Crippen molar-refractivity contribution in [1.29, 1.82) is 0 Å². The molecule has 0 aliphatic rings. The highest BCUT2D eigenvalue weighted by Crippen LogP contribution is 2.25. The predicted octanol–water partition coefficient (Wildman–Crippen LogP) is 1.60. The van der Waals surface area contributed by atoms with Gasteiger partial charge in [-0.2, -0.15) is 14.6 Å². The Bertz CT molecular complexity index is 916. The lowest BCUT2D eigenvalue weighted by molar-refractivity contribution is 0.568. The molecule has 0 bridgehead atoms. The summed E-state index contributed by atoms with van der Waals surface area (Å²) in [7, 11) is 0. The molecule has 108 valence electrons. The smallest absolute Gasteiger partial charge is 0.245 e. The summed E-state index contributed by atoms with van der Waals surface area (Å²) in [5.41, 5.74) is -0.802. The van der Waals surface area contributed by atoms with E-state index in [4.69, 9.17) is 0 Å². The van der Waals surface area contributed by atoms with E-state index in [2.05, 4.69) is 10.1 Å². The van der Waals surface area contributed by atoms with Crippen LogP contribution in [-0.4, -0.2) is 19.2 Å². The fourth-order valence-electron chi connectivity index (χ4n) is 1.89. The summed E-state index contributed by atoms with van der Waals surface area (Å²) in [6.45, 7) is 6.00. The zero-order valence-electron chi connectivity index (χ0n) is 11.9. The van der Waals surface area contributed by atoms with Crippen molar-refractivity contribution in [3.8, 4) is 5.69 Å². The normalized spacial score (nSPS) is 12.0. The number of fused-ring (bicyclic) bond motifs is 1. The predicted molar refractivity (Wildman–Crippen MR) is 81.4 cm³/mol. The van der Waals surface area contributed by atoms with Gasteiger partial charge in [-0.15, -0.1) is 0 Å². The monoisotopic (exact) mass is 302 g/mol. The van der Waals surface area contributed by atoms with Crippen molar-refractivity contribution in [2.75, 3.05) is 0 Å². The van der Waals surface area contributed by atoms with Gasteiger partial charge in [-0.1, -0.05) is 50.3 Å². The first-order chi connectivity index (χ1) is 9.88. The van der Waals surface area contributed by atoms with Gasteiger partial charge in [-0.05, 0) is 12.1 Å². The van der Waals surface area contributed by atoms with Gasteiger partial charge in [0.1, 0.15) is 5.01 Å². The van der Waals surface area contributed by atoms with Crippen LogP contribution in [0, 0.1) is 0 Å². The number of aromatic nitrogens is 4. The summed E-state index contributed by atoms with van der Waals surface area (Å²) < 4.78 is 2.22. The Balaban J connectivity index is 2.35. The molecule has 21 heavy (non-hydrogen) atoms. The summed E-state index contributed by atoms with van der Waals surface area (Å²) in [5, 5.41) is 5.07. The van der Waals surface area contributed by atoms with Gasteiger partial charge >= 0.3 is 11.4 Å². The lowest BCUT2D eigenvalue weighted by Gasteiger charge is -2.12. The van der Waals surface area contributed by atoms with E-state index >= 15 is 0 Å². The molecule has 0 saturated heterocycles. The molecule has 2 heterocycles. The minimum atomic E-state index is -0.588. The van der Waals surface area contributed by atoms with Gasteiger partial charge in [0.05, 0.1) is 5.69 Å². The number of rotatable bonds is 1. The molecule has 0 saturated carbocycles. The third-order valence-corrected chi connectivity index (χ3v) is 4.31. The molecule has 0 aliphatic heterocycles. The van der Waals surface area contributed by atoms with Crippen molar-refractivity contribution >= 4 is 16.3 Å². The van der Waals surface area contributed by atoms with Crippen LogP contribution in [0.2, 0.25) is 0 Å². The van der Waals surface area contributed by atoms with Crippen molar-refractivity contribution < 1.29 is 0 Å². The number of benzene rings is 1. The number of hydrogen-bond acceptors (Lipinski definition) is 5. The molecule has 0 aliphatic carbocycles. The van der Waals surface area contributed by atoms with Crippen molar-refractivity contribution in [1.82, 2.24) is 19.2 Å². The quantitative estimate of drug-likeness (QED) is 0.684. The van der Waals surface area contributed by atoms with Gasteiger partial charge in [0.15, 0.2) is 0 Å². The lowest BCUT2D eigenvalue weighted by atomic mass is 9.98. The molecular formula is C14H14N4O2S. The first-order valence-corrected chi connectivity index (χ1v) is 7.28. The Morgan fingerprint density at radius 3 is 2.38 bits per heavy atom. The van der Waals surface area contributed by atoms with E-state index in [1.165, 1.54) is 15.9 Å². The minimum absolute atomic E-state index is 0.203. The summed E-state index contributed by atoms with van der Waals surface area (Å²) in [4.78, 5) is 28.9. The Hall–Kier alpha value is -2.28. The van der Waals surface area contributed by atoms with Crippen molar-refractivity contribution in [2.45, 2.75) is 26.2 Å². The molecule has 1 aromatic carbocycles. The Kier molecular flexibility index (Phi) is 3.02. The largest absolute Gasteiger partial charge is 0.360 e. The standard InChI is InChI=1S/C14H14N4O2S/c1-14(2,3)10-16-18-12(21-10)15-11(19)17(13(18)20)9-7-5-4-6-8-9/h4-8H,1-3H3. The van der Waals surface area contributed by atoms with E-state index in [1.807, 2.05) is 26.8 Å². The zero-order chi connectivity index (χ0) is 15.2. The van der Waals surface area contributed by atoms with E-state index in [9.17, 15) is 9.59 Å². The molecule has 0 unspecified atom stereocenters. The average molecular weight is 302 g/mol. The molecule has 6 nitrogen and oxygen atoms in total. The summed E-state index contributed by atoms with van der Waals surface area (Å²) >= 11 is 1.26. The molecule has 3 aromatic rings. The van der Waals surface area contributed by atoms with Gasteiger partial charge in [0.25, 0.3) is 0 Å². The van der Waals surface area contributed by atoms with E-state index < -0.39 is 11.4 Å². The first-order valence-electron chi connectivity index (χ1n) is 6.47. The van der Waals surface area contributed by atoms with E-state index in [1.54, 1.807) is 24.3 Å². The fourth-order valence-corrected chi connectivity index (χ4v) is 2.82. The molecular weight excluding hydrogens is 288 g/mol. The fraction of sp³-hybridized carbons (Fsp3) is 0.286. The molecule has 2 aromatic heterocycles. The number of hydrogen-bond donors (Lipinski definition) is 0. The maximum Gasteiger partial charge on any atom is 0.360 e. The van der Waals surface area contributed by atoms with Crippen LogP contribution in [0.3, 0.4) is 0 Å². The molecule has 7 heteroatoms. The summed E-state index contributed by atoms with van der Waals surface area (Å²) in [6.07, 6.45) is 0.